The molecule has 2 aromatic carbocycles. The van der Waals surface area contributed by atoms with Crippen LogP contribution in [0, 0.1) is 6.92 Å². The number of hydrogen-bond acceptors (Lipinski definition) is 4. The predicted octanol–water partition coefficient (Wildman–Crippen LogP) is 2.72. The van der Waals surface area contributed by atoms with Gasteiger partial charge in [-0.25, -0.2) is 0 Å². The van der Waals surface area contributed by atoms with Crippen LogP contribution in [0.3, 0.4) is 0 Å². The molecule has 6 heteroatoms. The smallest absolute Gasteiger partial charge is 0.224 e. The molecule has 0 radical (unpaired) electrons. The second kappa shape index (κ2) is 10.3. The molecule has 0 bridgehead atoms. The first kappa shape index (κ1) is 21.3. The molecule has 150 valence electrons. The number of nitrogens with one attached hydrogen (secondary N) is 1. The van der Waals surface area contributed by atoms with E-state index in [1.54, 1.807) is 38.2 Å². The fourth-order valence-electron chi connectivity index (χ4n) is 2.95. The van der Waals surface area contributed by atoms with Crippen LogP contribution in [-0.2, 0) is 22.6 Å². The lowest BCUT2D eigenvalue weighted by atomic mass is 10.1. The first-order valence-corrected chi connectivity index (χ1v) is 9.21. The van der Waals surface area contributed by atoms with Gasteiger partial charge in [-0.15, -0.1) is 0 Å². The summed E-state index contributed by atoms with van der Waals surface area (Å²) in [6.45, 7) is 4.96. The van der Waals surface area contributed by atoms with Gasteiger partial charge < -0.3 is 19.7 Å². The van der Waals surface area contributed by atoms with Gasteiger partial charge in [-0.3, -0.25) is 9.59 Å². The molecule has 0 unspecified atom stereocenters. The van der Waals surface area contributed by atoms with Crippen molar-refractivity contribution >= 4 is 11.8 Å². The average Bonchev–Trinajstić information content (AvgIpc) is 2.67. The summed E-state index contributed by atoms with van der Waals surface area (Å²) in [5.74, 6) is 1.09. The molecule has 0 saturated heterocycles. The number of ether oxygens (including phenoxy) is 2. The van der Waals surface area contributed by atoms with Crippen LogP contribution in [0.4, 0.5) is 0 Å². The quantitative estimate of drug-likeness (QED) is 0.722. The molecule has 0 spiro atoms. The molecule has 0 fully saturated rings. The second-order valence-electron chi connectivity index (χ2n) is 6.65. The number of amides is 2. The highest BCUT2D eigenvalue weighted by Gasteiger charge is 2.11. The molecular weight excluding hydrogens is 356 g/mol. The van der Waals surface area contributed by atoms with Crippen LogP contribution in [0.15, 0.2) is 42.5 Å². The van der Waals surface area contributed by atoms with Gasteiger partial charge in [-0.05, 0) is 30.2 Å². The number of hydrogen-bond donors (Lipinski definition) is 1. The van der Waals surface area contributed by atoms with Gasteiger partial charge in [0.2, 0.25) is 11.8 Å². The molecule has 0 aliphatic rings. The Morgan fingerprint density at radius 2 is 1.75 bits per heavy atom. The van der Waals surface area contributed by atoms with Gasteiger partial charge in [0.1, 0.15) is 0 Å². The maximum atomic E-state index is 12.2. The standard InChI is InChI=1S/C22H28N2O4/c1-16-6-5-7-19(12-16)15-24(17(2)25)11-10-23-22(26)14-18-8-9-20(27-3)21(13-18)28-4/h5-9,12-13H,10-11,14-15H2,1-4H3,(H,23,26). The fourth-order valence-corrected chi connectivity index (χ4v) is 2.95. The van der Waals surface area contributed by atoms with E-state index >= 15 is 0 Å². The zero-order valence-corrected chi connectivity index (χ0v) is 17.0. The lowest BCUT2D eigenvalue weighted by Gasteiger charge is -2.21. The topological polar surface area (TPSA) is 67.9 Å². The molecule has 28 heavy (non-hydrogen) atoms. The van der Waals surface area contributed by atoms with Crippen molar-refractivity contribution in [3.05, 3.63) is 59.2 Å². The van der Waals surface area contributed by atoms with Crippen molar-refractivity contribution in [3.8, 4) is 11.5 Å². The molecule has 0 atom stereocenters. The van der Waals surface area contributed by atoms with Crippen LogP contribution >= 0.6 is 0 Å². The largest absolute Gasteiger partial charge is 0.493 e. The zero-order valence-electron chi connectivity index (χ0n) is 17.0. The second-order valence-corrected chi connectivity index (χ2v) is 6.65. The predicted molar refractivity (Wildman–Crippen MR) is 109 cm³/mol. The molecule has 6 nitrogen and oxygen atoms in total. The van der Waals surface area contributed by atoms with Crippen molar-refractivity contribution in [1.82, 2.24) is 10.2 Å². The number of aryl methyl sites for hydroxylation is 1. The molecule has 0 saturated carbocycles. The van der Waals surface area contributed by atoms with E-state index in [0.29, 0.717) is 31.1 Å². The Morgan fingerprint density at radius 1 is 1.00 bits per heavy atom. The number of rotatable bonds is 9. The monoisotopic (exact) mass is 384 g/mol. The van der Waals surface area contributed by atoms with Crippen LogP contribution in [-0.4, -0.2) is 44.0 Å². The van der Waals surface area contributed by atoms with E-state index in [1.165, 1.54) is 0 Å². The summed E-state index contributed by atoms with van der Waals surface area (Å²) in [5, 5.41) is 2.87. The summed E-state index contributed by atoms with van der Waals surface area (Å²) < 4.78 is 10.5. The normalized spacial score (nSPS) is 10.3. The van der Waals surface area contributed by atoms with Crippen molar-refractivity contribution in [3.63, 3.8) is 0 Å². The number of nitrogens with zero attached hydrogens (tertiary/aromatic N) is 1. The van der Waals surface area contributed by atoms with Gasteiger partial charge in [0, 0.05) is 26.6 Å². The van der Waals surface area contributed by atoms with Crippen LogP contribution in [0.1, 0.15) is 23.6 Å². The number of methoxy groups -OCH3 is 2. The molecule has 1 N–H and O–H groups in total. The van der Waals surface area contributed by atoms with E-state index in [9.17, 15) is 9.59 Å². The molecule has 2 amide bonds. The summed E-state index contributed by atoms with van der Waals surface area (Å²) in [6, 6.07) is 13.5. The highest BCUT2D eigenvalue weighted by Crippen LogP contribution is 2.27. The van der Waals surface area contributed by atoms with Crippen LogP contribution in [0.5, 0.6) is 11.5 Å². The minimum atomic E-state index is -0.105. The Hall–Kier alpha value is -3.02. The molecule has 0 heterocycles. The van der Waals surface area contributed by atoms with Crippen molar-refractivity contribution < 1.29 is 19.1 Å². The van der Waals surface area contributed by atoms with Gasteiger partial charge in [0.25, 0.3) is 0 Å². The highest BCUT2D eigenvalue weighted by atomic mass is 16.5. The van der Waals surface area contributed by atoms with Crippen LogP contribution in [0.25, 0.3) is 0 Å². The van der Waals surface area contributed by atoms with Crippen LogP contribution in [0.2, 0.25) is 0 Å². The first-order valence-electron chi connectivity index (χ1n) is 9.21. The number of carbonyl (C=O) groups excluding carboxylic acids is 2. The summed E-state index contributed by atoms with van der Waals surface area (Å²) in [4.78, 5) is 25.9. The summed E-state index contributed by atoms with van der Waals surface area (Å²) >= 11 is 0. The Labute approximate surface area is 166 Å². The molecule has 0 aromatic heterocycles. The third-order valence-electron chi connectivity index (χ3n) is 4.42. The maximum absolute atomic E-state index is 12.2. The molecule has 0 aliphatic heterocycles. The maximum Gasteiger partial charge on any atom is 0.224 e. The van der Waals surface area contributed by atoms with E-state index in [2.05, 4.69) is 11.4 Å². The fraction of sp³-hybridized carbons (Fsp3) is 0.364. The van der Waals surface area contributed by atoms with Crippen molar-refractivity contribution in [2.24, 2.45) is 0 Å². The van der Waals surface area contributed by atoms with Crippen molar-refractivity contribution in [1.29, 1.82) is 0 Å². The lowest BCUT2D eigenvalue weighted by molar-refractivity contribution is -0.130. The SMILES string of the molecule is COc1ccc(CC(=O)NCCN(Cc2cccc(C)c2)C(C)=O)cc1OC. The van der Waals surface area contributed by atoms with Crippen molar-refractivity contribution in [2.75, 3.05) is 27.3 Å². The number of benzene rings is 2. The first-order chi connectivity index (χ1) is 13.4. The third kappa shape index (κ3) is 6.30. The van der Waals surface area contributed by atoms with Crippen molar-refractivity contribution in [2.45, 2.75) is 26.8 Å². The lowest BCUT2D eigenvalue weighted by Crippen LogP contribution is -2.37. The van der Waals surface area contributed by atoms with E-state index < -0.39 is 0 Å². The average molecular weight is 384 g/mol. The van der Waals surface area contributed by atoms with E-state index in [-0.39, 0.29) is 18.2 Å². The molecular formula is C22H28N2O4. The van der Waals surface area contributed by atoms with Gasteiger partial charge in [-0.2, -0.15) is 0 Å². The Morgan fingerprint density at radius 3 is 2.39 bits per heavy atom. The highest BCUT2D eigenvalue weighted by molar-refractivity contribution is 5.79. The Balaban J connectivity index is 1.86. The van der Waals surface area contributed by atoms with E-state index in [4.69, 9.17) is 9.47 Å². The summed E-state index contributed by atoms with van der Waals surface area (Å²) in [5.41, 5.74) is 3.06. The van der Waals surface area contributed by atoms with Gasteiger partial charge in [0.05, 0.1) is 20.6 Å². The Kier molecular flexibility index (Phi) is 7.87. The summed E-state index contributed by atoms with van der Waals surface area (Å²) in [7, 11) is 3.13. The van der Waals surface area contributed by atoms with Gasteiger partial charge in [0.15, 0.2) is 11.5 Å². The van der Waals surface area contributed by atoms with Gasteiger partial charge >= 0.3 is 0 Å². The van der Waals surface area contributed by atoms with E-state index in [0.717, 1.165) is 16.7 Å². The molecule has 0 aliphatic carbocycles. The third-order valence-corrected chi connectivity index (χ3v) is 4.42. The molecule has 2 aromatic rings. The summed E-state index contributed by atoms with van der Waals surface area (Å²) in [6.07, 6.45) is 0.234. The zero-order chi connectivity index (χ0) is 20.5. The van der Waals surface area contributed by atoms with Crippen LogP contribution < -0.4 is 14.8 Å². The van der Waals surface area contributed by atoms with E-state index in [1.807, 2.05) is 31.2 Å². The minimum Gasteiger partial charge on any atom is -0.493 e. The molecule has 2 rings (SSSR count). The minimum absolute atomic E-state index is 0.0179. The van der Waals surface area contributed by atoms with Gasteiger partial charge in [-0.1, -0.05) is 35.9 Å². The Bertz CT molecular complexity index is 820. The number of carbonyl (C=O) groups is 2.